The molecule has 0 amide bonds. The van der Waals surface area contributed by atoms with E-state index >= 15 is 0 Å². The minimum absolute atomic E-state index is 0.363. The molecule has 0 saturated heterocycles. The molecule has 0 nitrogen and oxygen atoms in total. The predicted molar refractivity (Wildman–Crippen MR) is 145 cm³/mol. The maximum Gasteiger partial charge on any atom is -0.0151 e. The molecule has 176 valence electrons. The first-order chi connectivity index (χ1) is 15.8. The molecule has 0 radical (unpaired) electrons. The van der Waals surface area contributed by atoms with Gasteiger partial charge in [-0.2, -0.15) is 0 Å². The lowest BCUT2D eigenvalue weighted by Gasteiger charge is -2.31. The van der Waals surface area contributed by atoms with Gasteiger partial charge in [-0.05, 0) is 78.0 Å². The standard InChI is InChI=1S/C33H44/c1-7-33(5,6)24-32(23-27(4)30-19-13-25(2)14-20-30)31-21-17-28(18-22-31)16-15-26(3)29-11-9-8-10-12-29/h8-14,17-22,26-27,32H,7,15-16,23-24H2,1-6H3. The highest BCUT2D eigenvalue weighted by Crippen LogP contribution is 2.40. The van der Waals surface area contributed by atoms with Crippen LogP contribution in [0, 0.1) is 12.3 Å². The molecule has 3 rings (SSSR count). The molecule has 33 heavy (non-hydrogen) atoms. The van der Waals surface area contributed by atoms with Crippen LogP contribution >= 0.6 is 0 Å². The van der Waals surface area contributed by atoms with Gasteiger partial charge in [0.1, 0.15) is 0 Å². The van der Waals surface area contributed by atoms with Crippen LogP contribution < -0.4 is 0 Å². The predicted octanol–water partition coefficient (Wildman–Crippen LogP) is 9.84. The van der Waals surface area contributed by atoms with Gasteiger partial charge in [-0.15, -0.1) is 0 Å². The highest BCUT2D eigenvalue weighted by atomic mass is 14.3. The van der Waals surface area contributed by atoms with E-state index in [9.17, 15) is 0 Å². The van der Waals surface area contributed by atoms with E-state index in [1.165, 1.54) is 53.5 Å². The zero-order chi connectivity index (χ0) is 23.8. The Morgan fingerprint density at radius 3 is 1.88 bits per heavy atom. The van der Waals surface area contributed by atoms with Crippen LogP contribution in [-0.2, 0) is 6.42 Å². The van der Waals surface area contributed by atoms with Gasteiger partial charge in [-0.1, -0.05) is 125 Å². The van der Waals surface area contributed by atoms with Gasteiger partial charge in [0, 0.05) is 0 Å². The average molecular weight is 441 g/mol. The van der Waals surface area contributed by atoms with E-state index in [-0.39, 0.29) is 0 Å². The first-order valence-corrected chi connectivity index (χ1v) is 13.0. The SMILES string of the molecule is CCC(C)(C)CC(CC(C)c1ccc(C)cc1)c1ccc(CCC(C)c2ccccc2)cc1. The van der Waals surface area contributed by atoms with E-state index in [1.807, 2.05) is 0 Å². The van der Waals surface area contributed by atoms with Gasteiger partial charge < -0.3 is 0 Å². The van der Waals surface area contributed by atoms with Crippen LogP contribution in [0.5, 0.6) is 0 Å². The van der Waals surface area contributed by atoms with Gasteiger partial charge >= 0.3 is 0 Å². The highest BCUT2D eigenvalue weighted by Gasteiger charge is 2.25. The molecule has 0 aliphatic heterocycles. The number of aryl methyl sites for hydroxylation is 2. The largest absolute Gasteiger partial charge is 0.0649 e. The molecule has 3 aromatic rings. The second-order valence-corrected chi connectivity index (χ2v) is 11.1. The summed E-state index contributed by atoms with van der Waals surface area (Å²) in [6.45, 7) is 14.1. The zero-order valence-electron chi connectivity index (χ0n) is 21.8. The normalized spacial score (nSPS) is 14.6. The molecule has 3 aromatic carbocycles. The van der Waals surface area contributed by atoms with Crippen molar-refractivity contribution in [1.29, 1.82) is 0 Å². The lowest BCUT2D eigenvalue weighted by Crippen LogP contribution is -2.17. The summed E-state index contributed by atoms with van der Waals surface area (Å²) < 4.78 is 0. The Kier molecular flexibility index (Phi) is 8.95. The Balaban J connectivity index is 1.69. The summed E-state index contributed by atoms with van der Waals surface area (Å²) in [6.07, 6.45) is 6.00. The van der Waals surface area contributed by atoms with E-state index in [0.717, 1.165) is 6.42 Å². The Bertz CT molecular complexity index is 947. The second-order valence-electron chi connectivity index (χ2n) is 11.1. The van der Waals surface area contributed by atoms with Gasteiger partial charge in [-0.25, -0.2) is 0 Å². The average Bonchev–Trinajstić information content (AvgIpc) is 2.83. The van der Waals surface area contributed by atoms with Gasteiger partial charge in [0.05, 0.1) is 0 Å². The summed E-state index contributed by atoms with van der Waals surface area (Å²) in [6, 6.07) is 29.7. The summed E-state index contributed by atoms with van der Waals surface area (Å²) in [5, 5.41) is 0. The van der Waals surface area contributed by atoms with Crippen LogP contribution in [-0.4, -0.2) is 0 Å². The molecule has 0 bridgehead atoms. The summed E-state index contributed by atoms with van der Waals surface area (Å²) in [5.74, 6) is 1.75. The van der Waals surface area contributed by atoms with Gasteiger partial charge in [0.2, 0.25) is 0 Å². The third-order valence-corrected chi connectivity index (χ3v) is 7.73. The Labute approximate surface area is 203 Å². The maximum atomic E-state index is 2.43. The van der Waals surface area contributed by atoms with Crippen molar-refractivity contribution >= 4 is 0 Å². The maximum absolute atomic E-state index is 2.43. The fourth-order valence-electron chi connectivity index (χ4n) is 4.89. The molecule has 0 spiro atoms. The van der Waals surface area contributed by atoms with E-state index in [4.69, 9.17) is 0 Å². The Morgan fingerprint density at radius 1 is 0.697 bits per heavy atom. The first-order valence-electron chi connectivity index (χ1n) is 13.0. The molecule has 3 unspecified atom stereocenters. The van der Waals surface area contributed by atoms with Crippen molar-refractivity contribution in [2.45, 2.75) is 91.4 Å². The van der Waals surface area contributed by atoms with Crippen molar-refractivity contribution in [3.63, 3.8) is 0 Å². The molecule has 0 fully saturated rings. The van der Waals surface area contributed by atoms with Crippen LogP contribution in [0.2, 0.25) is 0 Å². The van der Waals surface area contributed by atoms with E-state index in [1.54, 1.807) is 0 Å². The third-order valence-electron chi connectivity index (χ3n) is 7.73. The van der Waals surface area contributed by atoms with Crippen molar-refractivity contribution < 1.29 is 0 Å². The molecule has 0 heteroatoms. The van der Waals surface area contributed by atoms with Crippen molar-refractivity contribution in [2.24, 2.45) is 5.41 Å². The topological polar surface area (TPSA) is 0 Å². The quantitative estimate of drug-likeness (QED) is 0.278. The van der Waals surface area contributed by atoms with Crippen LogP contribution in [0.15, 0.2) is 78.9 Å². The van der Waals surface area contributed by atoms with Crippen molar-refractivity contribution in [3.05, 3.63) is 107 Å². The van der Waals surface area contributed by atoms with Crippen molar-refractivity contribution in [3.8, 4) is 0 Å². The summed E-state index contributed by atoms with van der Waals surface area (Å²) in [7, 11) is 0. The highest BCUT2D eigenvalue weighted by molar-refractivity contribution is 5.29. The number of hydrogen-bond donors (Lipinski definition) is 0. The fourth-order valence-corrected chi connectivity index (χ4v) is 4.89. The number of hydrogen-bond acceptors (Lipinski definition) is 0. The van der Waals surface area contributed by atoms with E-state index in [0.29, 0.717) is 23.2 Å². The van der Waals surface area contributed by atoms with Gasteiger partial charge in [-0.3, -0.25) is 0 Å². The first kappa shape index (κ1) is 25.3. The molecule has 0 aliphatic carbocycles. The number of benzene rings is 3. The van der Waals surface area contributed by atoms with E-state index < -0.39 is 0 Å². The summed E-state index contributed by atoms with van der Waals surface area (Å²) >= 11 is 0. The Morgan fingerprint density at radius 2 is 1.27 bits per heavy atom. The molecule has 0 aliphatic rings. The van der Waals surface area contributed by atoms with E-state index in [2.05, 4.69) is 120 Å². The number of rotatable bonds is 11. The lowest BCUT2D eigenvalue weighted by molar-refractivity contribution is 0.281. The fraction of sp³-hybridized carbons (Fsp3) is 0.455. The summed E-state index contributed by atoms with van der Waals surface area (Å²) in [4.78, 5) is 0. The molecule has 0 heterocycles. The molecule has 0 saturated carbocycles. The summed E-state index contributed by atoms with van der Waals surface area (Å²) in [5.41, 5.74) is 7.58. The minimum Gasteiger partial charge on any atom is -0.0649 e. The van der Waals surface area contributed by atoms with Crippen LogP contribution in [0.25, 0.3) is 0 Å². The van der Waals surface area contributed by atoms with Crippen LogP contribution in [0.4, 0.5) is 0 Å². The Hall–Kier alpha value is -2.34. The smallest absolute Gasteiger partial charge is 0.0151 e. The second kappa shape index (κ2) is 11.7. The molecular formula is C33H44. The zero-order valence-corrected chi connectivity index (χ0v) is 21.8. The molecule has 0 aromatic heterocycles. The van der Waals surface area contributed by atoms with Crippen LogP contribution in [0.1, 0.15) is 106 Å². The van der Waals surface area contributed by atoms with Crippen molar-refractivity contribution in [2.75, 3.05) is 0 Å². The van der Waals surface area contributed by atoms with Gasteiger partial charge in [0.25, 0.3) is 0 Å². The molecule has 0 N–H and O–H groups in total. The van der Waals surface area contributed by atoms with Gasteiger partial charge in [0.15, 0.2) is 0 Å². The van der Waals surface area contributed by atoms with Crippen LogP contribution in [0.3, 0.4) is 0 Å². The molecule has 3 atom stereocenters. The monoisotopic (exact) mass is 440 g/mol. The van der Waals surface area contributed by atoms with Crippen molar-refractivity contribution in [1.82, 2.24) is 0 Å². The lowest BCUT2D eigenvalue weighted by atomic mass is 9.74. The minimum atomic E-state index is 0.363. The third kappa shape index (κ3) is 7.60. The molecular weight excluding hydrogens is 396 g/mol.